The second-order valence-corrected chi connectivity index (χ2v) is 10.6. The summed E-state index contributed by atoms with van der Waals surface area (Å²) in [5.41, 5.74) is 1.53. The highest BCUT2D eigenvalue weighted by atomic mass is 35.5. The standard InChI is InChI=1S/C27H31Cl2NO2/c1-4-14-27(3)16-23(20-6-5-7-22(29)15-20)25(19-10-12-21(28)13-11-19)30(26(27)32)24(17(2)31)18-8-9-18/h4-7,10-13,15,17-18,23-25,31H,1,8-9,14,16H2,2-3H3/t17?,23-,24-,25-,27+/m1/s1. The van der Waals surface area contributed by atoms with Gasteiger partial charge < -0.3 is 10.0 Å². The summed E-state index contributed by atoms with van der Waals surface area (Å²) in [4.78, 5) is 16.1. The molecule has 1 amide bonds. The molecule has 2 aliphatic rings. The number of carbonyl (C=O) groups excluding carboxylic acids is 1. The Hall–Kier alpha value is -1.81. The van der Waals surface area contributed by atoms with E-state index in [4.69, 9.17) is 23.2 Å². The first-order chi connectivity index (χ1) is 15.2. The number of carbonyl (C=O) groups is 1. The summed E-state index contributed by atoms with van der Waals surface area (Å²) in [6, 6.07) is 15.3. The summed E-state index contributed by atoms with van der Waals surface area (Å²) in [7, 11) is 0. The van der Waals surface area contributed by atoms with Crippen LogP contribution in [-0.4, -0.2) is 28.1 Å². The van der Waals surface area contributed by atoms with Crippen molar-refractivity contribution < 1.29 is 9.90 Å². The van der Waals surface area contributed by atoms with Crippen LogP contribution >= 0.6 is 23.2 Å². The number of allylic oxidation sites excluding steroid dienone is 1. The molecule has 0 radical (unpaired) electrons. The van der Waals surface area contributed by atoms with Gasteiger partial charge in [-0.3, -0.25) is 4.79 Å². The molecule has 2 aromatic carbocycles. The van der Waals surface area contributed by atoms with Gasteiger partial charge in [0.25, 0.3) is 0 Å². The van der Waals surface area contributed by atoms with Crippen molar-refractivity contribution in [1.29, 1.82) is 0 Å². The Morgan fingerprint density at radius 1 is 1.16 bits per heavy atom. The van der Waals surface area contributed by atoms with Gasteiger partial charge in [-0.2, -0.15) is 0 Å². The van der Waals surface area contributed by atoms with Crippen LogP contribution in [0.15, 0.2) is 61.2 Å². The van der Waals surface area contributed by atoms with E-state index >= 15 is 0 Å². The van der Waals surface area contributed by atoms with Crippen molar-refractivity contribution in [2.45, 2.75) is 63.6 Å². The quantitative estimate of drug-likeness (QED) is 0.451. The number of aliphatic hydroxyl groups is 1. The Bertz CT molecular complexity index is 983. The molecule has 0 aromatic heterocycles. The number of rotatable bonds is 7. The summed E-state index contributed by atoms with van der Waals surface area (Å²) in [6.45, 7) is 7.77. The van der Waals surface area contributed by atoms with Gasteiger partial charge in [0.2, 0.25) is 5.91 Å². The number of amides is 1. The third-order valence-electron chi connectivity index (χ3n) is 7.11. The van der Waals surface area contributed by atoms with E-state index in [2.05, 4.69) is 12.6 Å². The van der Waals surface area contributed by atoms with Gasteiger partial charge in [-0.25, -0.2) is 0 Å². The molecule has 0 spiro atoms. The highest BCUT2D eigenvalue weighted by molar-refractivity contribution is 6.30. The average molecular weight is 472 g/mol. The molecular weight excluding hydrogens is 441 g/mol. The maximum Gasteiger partial charge on any atom is 0.229 e. The molecule has 1 saturated carbocycles. The molecule has 1 heterocycles. The first-order valence-corrected chi connectivity index (χ1v) is 12.1. The van der Waals surface area contributed by atoms with Crippen LogP contribution in [0.5, 0.6) is 0 Å². The molecule has 5 heteroatoms. The molecule has 32 heavy (non-hydrogen) atoms. The lowest BCUT2D eigenvalue weighted by atomic mass is 9.66. The van der Waals surface area contributed by atoms with Gasteiger partial charge in [0.05, 0.1) is 23.6 Å². The Balaban J connectivity index is 1.91. The fourth-order valence-electron chi connectivity index (χ4n) is 5.51. The summed E-state index contributed by atoms with van der Waals surface area (Å²) in [6.07, 6.45) is 4.55. The van der Waals surface area contributed by atoms with E-state index in [1.807, 2.05) is 67.3 Å². The monoisotopic (exact) mass is 471 g/mol. The van der Waals surface area contributed by atoms with E-state index in [1.54, 1.807) is 0 Å². The van der Waals surface area contributed by atoms with Crippen molar-refractivity contribution in [2.24, 2.45) is 11.3 Å². The highest BCUT2D eigenvalue weighted by Gasteiger charge is 2.54. The molecule has 3 nitrogen and oxygen atoms in total. The third-order valence-corrected chi connectivity index (χ3v) is 7.59. The number of halogens is 2. The average Bonchev–Trinajstić information content (AvgIpc) is 3.57. The Morgan fingerprint density at radius 3 is 2.41 bits per heavy atom. The molecule has 2 fully saturated rings. The van der Waals surface area contributed by atoms with Crippen molar-refractivity contribution in [3.8, 4) is 0 Å². The number of benzene rings is 2. The predicted molar refractivity (Wildman–Crippen MR) is 131 cm³/mol. The minimum atomic E-state index is -0.618. The second-order valence-electron chi connectivity index (χ2n) is 9.70. The summed E-state index contributed by atoms with van der Waals surface area (Å²) >= 11 is 12.6. The van der Waals surface area contributed by atoms with Crippen LogP contribution in [0, 0.1) is 11.3 Å². The SMILES string of the molecule is C=CC[C@@]1(C)C[C@H](c2cccc(Cl)c2)[C@@H](c2ccc(Cl)cc2)N([C@H](C(C)O)C2CC2)C1=O. The zero-order valence-electron chi connectivity index (χ0n) is 18.7. The zero-order valence-corrected chi connectivity index (χ0v) is 20.2. The van der Waals surface area contributed by atoms with Crippen molar-refractivity contribution in [3.63, 3.8) is 0 Å². The van der Waals surface area contributed by atoms with Crippen molar-refractivity contribution in [2.75, 3.05) is 0 Å². The highest BCUT2D eigenvalue weighted by Crippen LogP contribution is 2.54. The summed E-state index contributed by atoms with van der Waals surface area (Å²) < 4.78 is 0. The Kier molecular flexibility index (Phi) is 6.72. The smallest absolute Gasteiger partial charge is 0.229 e. The summed E-state index contributed by atoms with van der Waals surface area (Å²) in [5, 5.41) is 12.2. The van der Waals surface area contributed by atoms with E-state index in [0.717, 1.165) is 24.0 Å². The van der Waals surface area contributed by atoms with Crippen LogP contribution in [0.1, 0.15) is 62.6 Å². The maximum atomic E-state index is 14.1. The number of likely N-dealkylation sites (tertiary alicyclic amines) is 1. The lowest BCUT2D eigenvalue weighted by molar-refractivity contribution is -0.159. The van der Waals surface area contributed by atoms with E-state index in [0.29, 0.717) is 28.8 Å². The zero-order chi connectivity index (χ0) is 23.0. The van der Waals surface area contributed by atoms with Crippen LogP contribution in [0.25, 0.3) is 0 Å². The van der Waals surface area contributed by atoms with E-state index in [9.17, 15) is 9.90 Å². The fraction of sp³-hybridized carbons (Fsp3) is 0.444. The minimum Gasteiger partial charge on any atom is -0.391 e. The Labute approximate surface area is 201 Å². The van der Waals surface area contributed by atoms with Gasteiger partial charge in [-0.15, -0.1) is 6.58 Å². The minimum absolute atomic E-state index is 0.0255. The van der Waals surface area contributed by atoms with Crippen LogP contribution in [0.2, 0.25) is 10.0 Å². The van der Waals surface area contributed by atoms with E-state index in [1.165, 1.54) is 0 Å². The molecule has 170 valence electrons. The van der Waals surface area contributed by atoms with Gasteiger partial charge in [-0.05, 0) is 73.9 Å². The number of piperidine rings is 1. The number of hydrogen-bond donors (Lipinski definition) is 1. The second kappa shape index (κ2) is 9.21. The van der Waals surface area contributed by atoms with Gasteiger partial charge in [0, 0.05) is 16.0 Å². The molecule has 2 aromatic rings. The largest absolute Gasteiger partial charge is 0.391 e. The number of hydrogen-bond acceptors (Lipinski definition) is 2. The molecule has 5 atom stereocenters. The van der Waals surface area contributed by atoms with Crippen LogP contribution in [-0.2, 0) is 4.79 Å². The van der Waals surface area contributed by atoms with Gasteiger partial charge in [-0.1, -0.05) is 60.5 Å². The van der Waals surface area contributed by atoms with Crippen molar-refractivity contribution in [3.05, 3.63) is 82.4 Å². The molecule has 0 bridgehead atoms. The summed E-state index contributed by atoms with van der Waals surface area (Å²) in [5.74, 6) is 0.436. The normalized spacial score (nSPS) is 27.8. The van der Waals surface area contributed by atoms with E-state index < -0.39 is 11.5 Å². The van der Waals surface area contributed by atoms with Crippen molar-refractivity contribution in [1.82, 2.24) is 4.90 Å². The topological polar surface area (TPSA) is 40.5 Å². The fourth-order valence-corrected chi connectivity index (χ4v) is 5.83. The lowest BCUT2D eigenvalue weighted by Gasteiger charge is -2.53. The van der Waals surface area contributed by atoms with Crippen LogP contribution in [0.4, 0.5) is 0 Å². The maximum absolute atomic E-state index is 14.1. The molecule has 1 aliphatic heterocycles. The molecule has 1 unspecified atom stereocenters. The first-order valence-electron chi connectivity index (χ1n) is 11.4. The van der Waals surface area contributed by atoms with Gasteiger partial charge in [0.1, 0.15) is 0 Å². The third kappa shape index (κ3) is 4.48. The first kappa shape index (κ1) is 23.4. The van der Waals surface area contributed by atoms with Gasteiger partial charge >= 0.3 is 0 Å². The molecule has 4 rings (SSSR count). The molecule has 1 N–H and O–H groups in total. The molecule has 1 saturated heterocycles. The van der Waals surface area contributed by atoms with Crippen LogP contribution < -0.4 is 0 Å². The molecular formula is C27H31Cl2NO2. The van der Waals surface area contributed by atoms with Gasteiger partial charge in [0.15, 0.2) is 0 Å². The van der Waals surface area contributed by atoms with Crippen LogP contribution in [0.3, 0.4) is 0 Å². The van der Waals surface area contributed by atoms with Crippen molar-refractivity contribution >= 4 is 29.1 Å². The number of aliphatic hydroxyl groups excluding tert-OH is 1. The molecule has 1 aliphatic carbocycles. The lowest BCUT2D eigenvalue weighted by Crippen LogP contribution is -2.58. The van der Waals surface area contributed by atoms with E-state index in [-0.39, 0.29) is 23.9 Å². The number of nitrogens with zero attached hydrogens (tertiary/aromatic N) is 1. The Morgan fingerprint density at radius 2 is 1.84 bits per heavy atom. The predicted octanol–water partition coefficient (Wildman–Crippen LogP) is 6.79.